The van der Waals surface area contributed by atoms with Gasteiger partial charge in [0.25, 0.3) is 0 Å². The molecular formula is C20H25N3O3. The molecule has 0 aliphatic heterocycles. The van der Waals surface area contributed by atoms with E-state index in [1.807, 2.05) is 48.9 Å². The monoisotopic (exact) mass is 355 g/mol. The molecule has 0 saturated heterocycles. The van der Waals surface area contributed by atoms with Crippen molar-refractivity contribution < 1.29 is 14.3 Å². The van der Waals surface area contributed by atoms with Gasteiger partial charge in [0.2, 0.25) is 5.91 Å². The summed E-state index contributed by atoms with van der Waals surface area (Å²) in [4.78, 5) is 26.6. The second-order valence-electron chi connectivity index (χ2n) is 6.80. The third-order valence-corrected chi connectivity index (χ3v) is 4.96. The summed E-state index contributed by atoms with van der Waals surface area (Å²) in [6.45, 7) is 5.62. The number of hydrogen-bond donors (Lipinski definition) is 0. The highest BCUT2D eigenvalue weighted by atomic mass is 16.5. The lowest BCUT2D eigenvalue weighted by molar-refractivity contribution is -0.152. The summed E-state index contributed by atoms with van der Waals surface area (Å²) in [5.41, 5.74) is 3.67. The van der Waals surface area contributed by atoms with Gasteiger partial charge in [0.05, 0.1) is 24.9 Å². The fourth-order valence-electron chi connectivity index (χ4n) is 3.37. The molecule has 1 amide bonds. The number of carbonyl (C=O) groups excluding carboxylic acids is 2. The van der Waals surface area contributed by atoms with Crippen molar-refractivity contribution in [2.45, 2.75) is 52.1 Å². The molecule has 1 fully saturated rings. The predicted octanol–water partition coefficient (Wildman–Crippen LogP) is 2.58. The molecule has 2 aromatic rings. The number of benzene rings is 1. The van der Waals surface area contributed by atoms with Gasteiger partial charge in [-0.25, -0.2) is 9.48 Å². The first-order chi connectivity index (χ1) is 12.4. The highest BCUT2D eigenvalue weighted by Crippen LogP contribution is 2.30. The molecule has 1 aliphatic carbocycles. The highest BCUT2D eigenvalue weighted by Gasteiger charge is 2.39. The van der Waals surface area contributed by atoms with Gasteiger partial charge in [0, 0.05) is 17.3 Å². The predicted molar refractivity (Wildman–Crippen MR) is 98.1 cm³/mol. The smallest absolute Gasteiger partial charge is 0.328 e. The van der Waals surface area contributed by atoms with E-state index >= 15 is 0 Å². The molecule has 0 bridgehead atoms. The molecule has 1 aromatic heterocycles. The maximum absolute atomic E-state index is 13.0. The van der Waals surface area contributed by atoms with Crippen LogP contribution < -0.4 is 0 Å². The highest BCUT2D eigenvalue weighted by molar-refractivity contribution is 5.86. The quantitative estimate of drug-likeness (QED) is 0.747. The van der Waals surface area contributed by atoms with Crippen LogP contribution in [-0.4, -0.2) is 45.8 Å². The third-order valence-electron chi connectivity index (χ3n) is 4.96. The average Bonchev–Trinajstić information content (AvgIpc) is 3.44. The Morgan fingerprint density at radius 2 is 1.92 bits per heavy atom. The van der Waals surface area contributed by atoms with Crippen LogP contribution in [0.4, 0.5) is 0 Å². The Bertz CT molecular complexity index is 809. The Morgan fingerprint density at radius 3 is 2.50 bits per heavy atom. The molecule has 1 aliphatic rings. The van der Waals surface area contributed by atoms with Gasteiger partial charge in [-0.15, -0.1) is 0 Å². The Labute approximate surface area is 153 Å². The van der Waals surface area contributed by atoms with Crippen molar-refractivity contribution in [1.82, 2.24) is 14.7 Å². The number of para-hydroxylation sites is 1. The molecule has 6 nitrogen and oxygen atoms in total. The summed E-state index contributed by atoms with van der Waals surface area (Å²) < 4.78 is 6.70. The van der Waals surface area contributed by atoms with Gasteiger partial charge >= 0.3 is 5.97 Å². The molecule has 0 radical (unpaired) electrons. The number of esters is 1. The van der Waals surface area contributed by atoms with E-state index in [1.54, 1.807) is 11.8 Å². The molecule has 1 atom stereocenters. The van der Waals surface area contributed by atoms with Crippen molar-refractivity contribution in [2.24, 2.45) is 0 Å². The van der Waals surface area contributed by atoms with E-state index < -0.39 is 6.04 Å². The van der Waals surface area contributed by atoms with Crippen molar-refractivity contribution in [3.05, 3.63) is 47.3 Å². The molecule has 3 rings (SSSR count). The van der Waals surface area contributed by atoms with Crippen LogP contribution in [0, 0.1) is 13.8 Å². The zero-order valence-electron chi connectivity index (χ0n) is 15.7. The number of aromatic nitrogens is 2. The van der Waals surface area contributed by atoms with Crippen molar-refractivity contribution in [2.75, 3.05) is 7.11 Å². The van der Waals surface area contributed by atoms with E-state index in [9.17, 15) is 9.59 Å². The van der Waals surface area contributed by atoms with Crippen LogP contribution in [0.1, 0.15) is 36.7 Å². The Kier molecular flexibility index (Phi) is 5.11. The van der Waals surface area contributed by atoms with Crippen LogP contribution in [0.25, 0.3) is 5.69 Å². The van der Waals surface area contributed by atoms with E-state index in [-0.39, 0.29) is 24.3 Å². The molecule has 0 spiro atoms. The van der Waals surface area contributed by atoms with Crippen LogP contribution >= 0.6 is 0 Å². The van der Waals surface area contributed by atoms with Crippen molar-refractivity contribution >= 4 is 11.9 Å². The molecule has 1 unspecified atom stereocenters. The summed E-state index contributed by atoms with van der Waals surface area (Å²) >= 11 is 0. The van der Waals surface area contributed by atoms with E-state index in [0.29, 0.717) is 0 Å². The van der Waals surface area contributed by atoms with Gasteiger partial charge in [0.15, 0.2) is 0 Å². The van der Waals surface area contributed by atoms with Gasteiger partial charge < -0.3 is 9.64 Å². The lowest BCUT2D eigenvalue weighted by Crippen LogP contribution is -2.46. The number of ether oxygens (including phenoxy) is 1. The normalized spacial score (nSPS) is 14.8. The van der Waals surface area contributed by atoms with Gasteiger partial charge in [-0.2, -0.15) is 5.10 Å². The zero-order chi connectivity index (χ0) is 18.8. The Morgan fingerprint density at radius 1 is 1.27 bits per heavy atom. The minimum absolute atomic E-state index is 0.0517. The largest absolute Gasteiger partial charge is 0.467 e. The maximum atomic E-state index is 13.0. The number of hydrogen-bond acceptors (Lipinski definition) is 4. The summed E-state index contributed by atoms with van der Waals surface area (Å²) in [5, 5.41) is 4.60. The molecule has 6 heteroatoms. The minimum atomic E-state index is -0.565. The van der Waals surface area contributed by atoms with Crippen LogP contribution in [-0.2, 0) is 20.7 Å². The fourth-order valence-corrected chi connectivity index (χ4v) is 3.37. The standard InChI is InChI=1S/C20H25N3O3/c1-13-18(14(2)23(21-13)17-8-6-5-7-9-17)12-19(24)22(16-10-11-16)15(3)20(25)26-4/h5-9,15-16H,10-12H2,1-4H3. The van der Waals surface area contributed by atoms with Crippen molar-refractivity contribution in [1.29, 1.82) is 0 Å². The molecule has 1 aromatic carbocycles. The zero-order valence-corrected chi connectivity index (χ0v) is 15.7. The van der Waals surface area contributed by atoms with Gasteiger partial charge in [-0.3, -0.25) is 4.79 Å². The van der Waals surface area contributed by atoms with Crippen molar-refractivity contribution in [3.63, 3.8) is 0 Å². The van der Waals surface area contributed by atoms with Gasteiger partial charge in [0.1, 0.15) is 6.04 Å². The Balaban J connectivity index is 1.85. The maximum Gasteiger partial charge on any atom is 0.328 e. The summed E-state index contributed by atoms with van der Waals surface area (Å²) in [6.07, 6.45) is 2.12. The lowest BCUT2D eigenvalue weighted by Gasteiger charge is -2.27. The second kappa shape index (κ2) is 7.32. The van der Waals surface area contributed by atoms with Crippen LogP contribution in [0.3, 0.4) is 0 Å². The minimum Gasteiger partial charge on any atom is -0.467 e. The fraction of sp³-hybridized carbons (Fsp3) is 0.450. The Hall–Kier alpha value is -2.63. The molecule has 1 heterocycles. The van der Waals surface area contributed by atoms with E-state index in [1.165, 1.54) is 7.11 Å². The number of methoxy groups -OCH3 is 1. The first-order valence-corrected chi connectivity index (χ1v) is 8.93. The number of aryl methyl sites for hydroxylation is 1. The molecular weight excluding hydrogens is 330 g/mol. The van der Waals surface area contributed by atoms with E-state index in [0.717, 1.165) is 35.5 Å². The lowest BCUT2D eigenvalue weighted by atomic mass is 10.1. The number of nitrogens with zero attached hydrogens (tertiary/aromatic N) is 3. The van der Waals surface area contributed by atoms with Crippen molar-refractivity contribution in [3.8, 4) is 5.69 Å². The summed E-state index contributed by atoms with van der Waals surface area (Å²) in [7, 11) is 1.35. The number of rotatable bonds is 6. The van der Waals surface area contributed by atoms with E-state index in [2.05, 4.69) is 5.10 Å². The summed E-state index contributed by atoms with van der Waals surface area (Å²) in [5.74, 6) is -0.428. The van der Waals surface area contributed by atoms with Gasteiger partial charge in [-0.1, -0.05) is 18.2 Å². The van der Waals surface area contributed by atoms with Crippen LogP contribution in [0.2, 0.25) is 0 Å². The molecule has 26 heavy (non-hydrogen) atoms. The average molecular weight is 355 g/mol. The number of amides is 1. The van der Waals surface area contributed by atoms with E-state index in [4.69, 9.17) is 4.74 Å². The third kappa shape index (κ3) is 3.49. The topological polar surface area (TPSA) is 64.4 Å². The summed E-state index contributed by atoms with van der Waals surface area (Å²) in [6, 6.07) is 9.43. The SMILES string of the molecule is COC(=O)C(C)N(C(=O)Cc1c(C)nn(-c2ccccc2)c1C)C1CC1. The first kappa shape index (κ1) is 18.2. The molecule has 0 N–H and O–H groups in total. The number of carbonyl (C=O) groups is 2. The molecule has 1 saturated carbocycles. The van der Waals surface area contributed by atoms with Gasteiger partial charge in [-0.05, 0) is 45.7 Å². The van der Waals surface area contributed by atoms with Crippen LogP contribution in [0.15, 0.2) is 30.3 Å². The second-order valence-corrected chi connectivity index (χ2v) is 6.80. The first-order valence-electron chi connectivity index (χ1n) is 8.93. The van der Waals surface area contributed by atoms with Crippen LogP contribution in [0.5, 0.6) is 0 Å². The molecule has 138 valence electrons.